The topological polar surface area (TPSA) is 55.4 Å². The number of carbonyl (C=O) groups is 2. The van der Waals surface area contributed by atoms with Crippen LogP contribution in [0.1, 0.15) is 38.7 Å². The van der Waals surface area contributed by atoms with Crippen molar-refractivity contribution in [2.24, 2.45) is 5.92 Å². The first kappa shape index (κ1) is 17.0. The van der Waals surface area contributed by atoms with E-state index in [0.29, 0.717) is 15.6 Å². The summed E-state index contributed by atoms with van der Waals surface area (Å²) in [5, 5.41) is 4.16. The molecule has 0 unspecified atom stereocenters. The van der Waals surface area contributed by atoms with Gasteiger partial charge in [0.1, 0.15) is 5.00 Å². The van der Waals surface area contributed by atoms with Gasteiger partial charge in [-0.05, 0) is 43.4 Å². The summed E-state index contributed by atoms with van der Waals surface area (Å²) in [5.41, 5.74) is 2.30. The largest absolute Gasteiger partial charge is 0.465 e. The van der Waals surface area contributed by atoms with Gasteiger partial charge in [-0.25, -0.2) is 4.79 Å². The van der Waals surface area contributed by atoms with Crippen LogP contribution in [0.3, 0.4) is 0 Å². The molecule has 3 rings (SSSR count). The Morgan fingerprint density at radius 2 is 2.00 bits per heavy atom. The smallest absolute Gasteiger partial charge is 0.341 e. The summed E-state index contributed by atoms with van der Waals surface area (Å²) in [6.45, 7) is 3.78. The van der Waals surface area contributed by atoms with Gasteiger partial charge in [0, 0.05) is 15.8 Å². The first-order chi connectivity index (χ1) is 11.4. The number of ether oxygens (including phenoxy) is 1. The Morgan fingerprint density at radius 3 is 2.67 bits per heavy atom. The summed E-state index contributed by atoms with van der Waals surface area (Å²) < 4.78 is 4.83. The van der Waals surface area contributed by atoms with Gasteiger partial charge >= 0.3 is 5.97 Å². The molecule has 1 aromatic heterocycles. The van der Waals surface area contributed by atoms with Crippen LogP contribution in [0.5, 0.6) is 0 Å². The van der Waals surface area contributed by atoms with Crippen molar-refractivity contribution >= 4 is 39.8 Å². The predicted molar refractivity (Wildman–Crippen MR) is 96.1 cm³/mol. The van der Waals surface area contributed by atoms with E-state index in [2.05, 4.69) is 5.32 Å². The molecule has 126 valence electrons. The van der Waals surface area contributed by atoms with E-state index in [9.17, 15) is 9.59 Å². The summed E-state index contributed by atoms with van der Waals surface area (Å²) >= 11 is 7.61. The van der Waals surface area contributed by atoms with Crippen molar-refractivity contribution < 1.29 is 14.3 Å². The third kappa shape index (κ3) is 3.06. The zero-order valence-electron chi connectivity index (χ0n) is 13.7. The molecule has 0 bridgehead atoms. The highest BCUT2D eigenvalue weighted by atomic mass is 35.5. The lowest BCUT2D eigenvalue weighted by Gasteiger charge is -2.07. The molecule has 1 N–H and O–H groups in total. The zero-order chi connectivity index (χ0) is 17.4. The Morgan fingerprint density at radius 1 is 1.29 bits per heavy atom. The maximum Gasteiger partial charge on any atom is 0.341 e. The van der Waals surface area contributed by atoms with Crippen molar-refractivity contribution in [3.8, 4) is 0 Å². The van der Waals surface area contributed by atoms with Crippen LogP contribution in [0.4, 0.5) is 5.00 Å². The number of methoxy groups -OCH3 is 1. The van der Waals surface area contributed by atoms with Gasteiger partial charge in [0.15, 0.2) is 0 Å². The molecule has 0 saturated heterocycles. The molecule has 1 saturated carbocycles. The van der Waals surface area contributed by atoms with E-state index in [1.807, 2.05) is 38.1 Å². The SMILES string of the molecule is COC(=O)c1c(NC(=O)[C@@H]2C[C@@H]2c2ccccc2Cl)sc(C)c1C. The predicted octanol–water partition coefficient (Wildman–Crippen LogP) is 4.55. The third-order valence-electron chi connectivity index (χ3n) is 4.44. The molecule has 1 aromatic carbocycles. The minimum absolute atomic E-state index is 0.0775. The van der Waals surface area contributed by atoms with Gasteiger partial charge in [-0.1, -0.05) is 29.8 Å². The molecule has 2 atom stereocenters. The number of rotatable bonds is 4. The molecule has 2 aromatic rings. The highest BCUT2D eigenvalue weighted by Gasteiger charge is 2.45. The van der Waals surface area contributed by atoms with Crippen molar-refractivity contribution in [2.75, 3.05) is 12.4 Å². The average molecular weight is 364 g/mol. The van der Waals surface area contributed by atoms with E-state index in [-0.39, 0.29) is 17.7 Å². The van der Waals surface area contributed by atoms with Crippen molar-refractivity contribution in [2.45, 2.75) is 26.2 Å². The fourth-order valence-electron chi connectivity index (χ4n) is 2.87. The first-order valence-electron chi connectivity index (χ1n) is 7.67. The van der Waals surface area contributed by atoms with Crippen LogP contribution in [0.2, 0.25) is 5.02 Å². The first-order valence-corrected chi connectivity index (χ1v) is 8.87. The molecule has 0 aliphatic heterocycles. The van der Waals surface area contributed by atoms with Gasteiger partial charge in [0.2, 0.25) is 5.91 Å². The molecule has 1 heterocycles. The van der Waals surface area contributed by atoms with Gasteiger partial charge in [-0.15, -0.1) is 11.3 Å². The van der Waals surface area contributed by atoms with Crippen LogP contribution in [-0.2, 0) is 9.53 Å². The van der Waals surface area contributed by atoms with E-state index >= 15 is 0 Å². The summed E-state index contributed by atoms with van der Waals surface area (Å²) in [5.74, 6) is -0.475. The molecule has 1 aliphatic carbocycles. The van der Waals surface area contributed by atoms with Crippen LogP contribution in [-0.4, -0.2) is 19.0 Å². The second-order valence-corrected chi connectivity index (χ2v) is 7.57. The monoisotopic (exact) mass is 363 g/mol. The van der Waals surface area contributed by atoms with Crippen molar-refractivity contribution in [3.63, 3.8) is 0 Å². The molecule has 0 spiro atoms. The van der Waals surface area contributed by atoms with E-state index in [4.69, 9.17) is 16.3 Å². The molecular weight excluding hydrogens is 346 g/mol. The normalized spacial score (nSPS) is 19.0. The number of anilines is 1. The Hall–Kier alpha value is -1.85. The molecule has 1 fully saturated rings. The third-order valence-corrected chi connectivity index (χ3v) is 5.91. The molecule has 6 heteroatoms. The second-order valence-electron chi connectivity index (χ2n) is 5.94. The van der Waals surface area contributed by atoms with E-state index in [1.165, 1.54) is 18.4 Å². The molecule has 1 aliphatic rings. The maximum absolute atomic E-state index is 12.6. The van der Waals surface area contributed by atoms with Crippen molar-refractivity contribution in [3.05, 3.63) is 50.9 Å². The quantitative estimate of drug-likeness (QED) is 0.811. The summed E-state index contributed by atoms with van der Waals surface area (Å²) in [4.78, 5) is 25.5. The number of esters is 1. The van der Waals surface area contributed by atoms with Crippen LogP contribution < -0.4 is 5.32 Å². The molecule has 0 radical (unpaired) electrons. The average Bonchev–Trinajstić information content (AvgIpc) is 3.30. The van der Waals surface area contributed by atoms with Gasteiger partial charge < -0.3 is 10.1 Å². The summed E-state index contributed by atoms with van der Waals surface area (Å²) in [6.07, 6.45) is 0.770. The van der Waals surface area contributed by atoms with Gasteiger partial charge in [-0.2, -0.15) is 0 Å². The minimum atomic E-state index is -0.425. The lowest BCUT2D eigenvalue weighted by atomic mass is 10.1. The molecule has 1 amide bonds. The maximum atomic E-state index is 12.6. The number of carbonyl (C=O) groups excluding carboxylic acids is 2. The Balaban J connectivity index is 1.77. The highest BCUT2D eigenvalue weighted by molar-refractivity contribution is 7.16. The highest BCUT2D eigenvalue weighted by Crippen LogP contribution is 2.50. The van der Waals surface area contributed by atoms with E-state index < -0.39 is 5.97 Å². The van der Waals surface area contributed by atoms with Crippen molar-refractivity contribution in [1.82, 2.24) is 0 Å². The number of hydrogen-bond acceptors (Lipinski definition) is 4. The van der Waals surface area contributed by atoms with Gasteiger partial charge in [-0.3, -0.25) is 4.79 Å². The molecular formula is C18H18ClNO3S. The second kappa shape index (κ2) is 6.57. The number of halogens is 1. The summed E-state index contributed by atoms with van der Waals surface area (Å²) in [6, 6.07) is 7.60. The Labute approximate surface area is 149 Å². The van der Waals surface area contributed by atoms with Crippen LogP contribution in [0, 0.1) is 19.8 Å². The summed E-state index contributed by atoms with van der Waals surface area (Å²) in [7, 11) is 1.34. The van der Waals surface area contributed by atoms with E-state index in [0.717, 1.165) is 22.4 Å². The number of benzene rings is 1. The van der Waals surface area contributed by atoms with Crippen LogP contribution in [0.15, 0.2) is 24.3 Å². The number of hydrogen-bond donors (Lipinski definition) is 1. The number of nitrogens with one attached hydrogen (secondary N) is 1. The van der Waals surface area contributed by atoms with E-state index in [1.54, 1.807) is 0 Å². The Bertz CT molecular complexity index is 815. The number of amides is 1. The number of thiophene rings is 1. The van der Waals surface area contributed by atoms with Crippen LogP contribution >= 0.6 is 22.9 Å². The van der Waals surface area contributed by atoms with Crippen molar-refractivity contribution in [1.29, 1.82) is 0 Å². The standard InChI is InChI=1S/C18H18ClNO3S/c1-9-10(2)24-17(15(9)18(22)23-3)20-16(21)13-8-12(13)11-6-4-5-7-14(11)19/h4-7,12-13H,8H2,1-3H3,(H,20,21)/t12-,13-/m1/s1. The zero-order valence-corrected chi connectivity index (χ0v) is 15.3. The molecule has 4 nitrogen and oxygen atoms in total. The molecule has 24 heavy (non-hydrogen) atoms. The lowest BCUT2D eigenvalue weighted by Crippen LogP contribution is -2.16. The minimum Gasteiger partial charge on any atom is -0.465 e. The Kier molecular flexibility index (Phi) is 4.65. The fraction of sp³-hybridized carbons (Fsp3) is 0.333. The van der Waals surface area contributed by atoms with Crippen LogP contribution in [0.25, 0.3) is 0 Å². The van der Waals surface area contributed by atoms with Gasteiger partial charge in [0.25, 0.3) is 0 Å². The fourth-order valence-corrected chi connectivity index (χ4v) is 4.20. The lowest BCUT2D eigenvalue weighted by molar-refractivity contribution is -0.117. The van der Waals surface area contributed by atoms with Gasteiger partial charge in [0.05, 0.1) is 12.7 Å². The number of aryl methyl sites for hydroxylation is 1.